The molecule has 1 aromatic rings. The molecule has 0 spiro atoms. The number of nitrogens with zero attached hydrogens (tertiary/aromatic N) is 1. The molecule has 1 heterocycles. The molecular weight excluding hydrogens is 348 g/mol. The zero-order valence-corrected chi connectivity index (χ0v) is 16.4. The minimum Gasteiger partial charge on any atom is -0.353 e. The molecule has 6 heteroatoms. The van der Waals surface area contributed by atoms with Gasteiger partial charge >= 0.3 is 0 Å². The van der Waals surface area contributed by atoms with Crippen LogP contribution < -0.4 is 5.32 Å². The maximum Gasteiger partial charge on any atom is 0.243 e. The quantitative estimate of drug-likeness (QED) is 0.827. The Hall–Kier alpha value is -1.40. The Morgan fingerprint density at radius 2 is 1.81 bits per heavy atom. The van der Waals surface area contributed by atoms with Crippen molar-refractivity contribution in [1.29, 1.82) is 0 Å². The van der Waals surface area contributed by atoms with Crippen LogP contribution in [0.5, 0.6) is 0 Å². The van der Waals surface area contributed by atoms with Gasteiger partial charge in [-0.3, -0.25) is 4.79 Å². The zero-order valence-electron chi connectivity index (χ0n) is 15.6. The summed E-state index contributed by atoms with van der Waals surface area (Å²) in [6.45, 7) is 3.09. The summed E-state index contributed by atoms with van der Waals surface area (Å²) in [6.07, 6.45) is 6.77. The van der Waals surface area contributed by atoms with E-state index in [1.54, 1.807) is 28.6 Å². The first-order chi connectivity index (χ1) is 12.5. The van der Waals surface area contributed by atoms with Gasteiger partial charge in [0.1, 0.15) is 0 Å². The van der Waals surface area contributed by atoms with Crippen molar-refractivity contribution in [2.45, 2.75) is 62.8 Å². The number of sulfonamides is 1. The summed E-state index contributed by atoms with van der Waals surface area (Å²) in [5.74, 6) is 0.639. The highest BCUT2D eigenvalue weighted by molar-refractivity contribution is 7.89. The molecule has 1 aliphatic heterocycles. The van der Waals surface area contributed by atoms with Crippen molar-refractivity contribution < 1.29 is 13.2 Å². The molecule has 26 heavy (non-hydrogen) atoms. The number of piperidine rings is 1. The van der Waals surface area contributed by atoms with Crippen LogP contribution in [-0.2, 0) is 14.8 Å². The van der Waals surface area contributed by atoms with Gasteiger partial charge < -0.3 is 5.32 Å². The van der Waals surface area contributed by atoms with Crippen LogP contribution >= 0.6 is 0 Å². The van der Waals surface area contributed by atoms with E-state index in [0.717, 1.165) is 25.7 Å². The van der Waals surface area contributed by atoms with Gasteiger partial charge in [-0.15, -0.1) is 0 Å². The van der Waals surface area contributed by atoms with Crippen LogP contribution in [0.15, 0.2) is 35.2 Å². The first-order valence-corrected chi connectivity index (χ1v) is 11.3. The Morgan fingerprint density at radius 1 is 1.12 bits per heavy atom. The highest BCUT2D eigenvalue weighted by Gasteiger charge is 2.35. The highest BCUT2D eigenvalue weighted by Crippen LogP contribution is 2.32. The molecule has 1 saturated carbocycles. The van der Waals surface area contributed by atoms with Crippen LogP contribution in [0.3, 0.4) is 0 Å². The SMILES string of the molecule is CC[C@H]1CN(S(=O)(=O)c2ccccc2)CC[C@H]1CC(=O)NC1CCCC1. The van der Waals surface area contributed by atoms with E-state index in [0.29, 0.717) is 30.4 Å². The Bertz CT molecular complexity index is 699. The average Bonchev–Trinajstić information content (AvgIpc) is 3.15. The first kappa shape index (κ1) is 19.4. The van der Waals surface area contributed by atoms with Crippen molar-refractivity contribution in [3.8, 4) is 0 Å². The average molecular weight is 379 g/mol. The number of nitrogens with one attached hydrogen (secondary N) is 1. The molecule has 2 aliphatic rings. The van der Waals surface area contributed by atoms with Gasteiger partial charge in [-0.2, -0.15) is 4.31 Å². The predicted molar refractivity (Wildman–Crippen MR) is 102 cm³/mol. The van der Waals surface area contributed by atoms with Crippen molar-refractivity contribution in [2.75, 3.05) is 13.1 Å². The summed E-state index contributed by atoms with van der Waals surface area (Å²) >= 11 is 0. The summed E-state index contributed by atoms with van der Waals surface area (Å²) in [4.78, 5) is 12.7. The molecule has 0 unspecified atom stereocenters. The molecule has 1 aliphatic carbocycles. The van der Waals surface area contributed by atoms with Crippen LogP contribution in [0.4, 0.5) is 0 Å². The van der Waals surface area contributed by atoms with Gasteiger partial charge in [-0.05, 0) is 43.2 Å². The molecule has 2 atom stereocenters. The van der Waals surface area contributed by atoms with Crippen molar-refractivity contribution in [2.24, 2.45) is 11.8 Å². The molecule has 3 rings (SSSR count). The van der Waals surface area contributed by atoms with Crippen LogP contribution in [0.25, 0.3) is 0 Å². The second-order valence-electron chi connectivity index (χ2n) is 7.65. The Morgan fingerprint density at radius 3 is 2.46 bits per heavy atom. The van der Waals surface area contributed by atoms with Crippen molar-refractivity contribution in [3.05, 3.63) is 30.3 Å². The lowest BCUT2D eigenvalue weighted by Crippen LogP contribution is -2.45. The minimum atomic E-state index is -3.44. The second kappa shape index (κ2) is 8.53. The summed E-state index contributed by atoms with van der Waals surface area (Å²) in [5.41, 5.74) is 0. The van der Waals surface area contributed by atoms with Gasteiger partial charge in [0, 0.05) is 25.6 Å². The van der Waals surface area contributed by atoms with Gasteiger partial charge in [-0.25, -0.2) is 8.42 Å². The Labute approximate surface area is 157 Å². The van der Waals surface area contributed by atoms with Gasteiger partial charge in [-0.1, -0.05) is 44.4 Å². The predicted octanol–water partition coefficient (Wildman–Crippen LogP) is 3.17. The highest BCUT2D eigenvalue weighted by atomic mass is 32.2. The van der Waals surface area contributed by atoms with Crippen molar-refractivity contribution in [1.82, 2.24) is 9.62 Å². The molecule has 2 fully saturated rings. The monoisotopic (exact) mass is 378 g/mol. The topological polar surface area (TPSA) is 66.5 Å². The number of benzene rings is 1. The third-order valence-electron chi connectivity index (χ3n) is 5.93. The summed E-state index contributed by atoms with van der Waals surface area (Å²) < 4.78 is 27.3. The standard InChI is InChI=1S/C20H30N2O3S/c1-2-16-15-22(26(24,25)19-10-4-3-5-11-19)13-12-17(16)14-20(23)21-18-8-6-7-9-18/h3-5,10-11,16-18H,2,6-9,12-15H2,1H3,(H,21,23)/t16-,17-/m0/s1. The van der Waals surface area contributed by atoms with E-state index in [1.807, 2.05) is 6.07 Å². The maximum absolute atomic E-state index is 12.9. The van der Waals surface area contributed by atoms with Crippen molar-refractivity contribution in [3.63, 3.8) is 0 Å². The molecule has 1 amide bonds. The minimum absolute atomic E-state index is 0.139. The van der Waals surface area contributed by atoms with Gasteiger partial charge in [0.2, 0.25) is 15.9 Å². The van der Waals surface area contributed by atoms with Gasteiger partial charge in [0.05, 0.1) is 4.90 Å². The lowest BCUT2D eigenvalue weighted by Gasteiger charge is -2.37. The number of carbonyl (C=O) groups excluding carboxylic acids is 1. The second-order valence-corrected chi connectivity index (χ2v) is 9.58. The number of carbonyl (C=O) groups is 1. The summed E-state index contributed by atoms with van der Waals surface area (Å²) in [5, 5.41) is 3.17. The van der Waals surface area contributed by atoms with E-state index in [-0.39, 0.29) is 17.7 Å². The number of hydrogen-bond donors (Lipinski definition) is 1. The largest absolute Gasteiger partial charge is 0.353 e. The summed E-state index contributed by atoms with van der Waals surface area (Å²) in [6, 6.07) is 8.98. The summed E-state index contributed by atoms with van der Waals surface area (Å²) in [7, 11) is -3.44. The van der Waals surface area contributed by atoms with E-state index >= 15 is 0 Å². The number of rotatable bonds is 6. The molecule has 0 bridgehead atoms. The van der Waals surface area contributed by atoms with Crippen LogP contribution in [0.1, 0.15) is 51.9 Å². The van der Waals surface area contributed by atoms with Crippen LogP contribution in [-0.4, -0.2) is 37.8 Å². The van der Waals surface area contributed by atoms with E-state index in [2.05, 4.69) is 12.2 Å². The third kappa shape index (κ3) is 4.46. The first-order valence-electron chi connectivity index (χ1n) is 9.85. The smallest absolute Gasteiger partial charge is 0.243 e. The number of amides is 1. The molecule has 1 saturated heterocycles. The lowest BCUT2D eigenvalue weighted by molar-refractivity contribution is -0.123. The number of hydrogen-bond acceptors (Lipinski definition) is 3. The van der Waals surface area contributed by atoms with E-state index < -0.39 is 10.0 Å². The fourth-order valence-electron chi connectivity index (χ4n) is 4.33. The Kier molecular flexibility index (Phi) is 6.35. The molecule has 0 aromatic heterocycles. The van der Waals surface area contributed by atoms with E-state index in [1.165, 1.54) is 12.8 Å². The normalized spacial score (nSPS) is 25.3. The fraction of sp³-hybridized carbons (Fsp3) is 0.650. The zero-order chi connectivity index (χ0) is 18.6. The maximum atomic E-state index is 12.9. The van der Waals surface area contributed by atoms with Gasteiger partial charge in [0.15, 0.2) is 0 Å². The molecule has 1 N–H and O–H groups in total. The lowest BCUT2D eigenvalue weighted by atomic mass is 9.82. The Balaban J connectivity index is 1.60. The molecule has 5 nitrogen and oxygen atoms in total. The van der Waals surface area contributed by atoms with Gasteiger partial charge in [0.25, 0.3) is 0 Å². The van der Waals surface area contributed by atoms with E-state index in [4.69, 9.17) is 0 Å². The van der Waals surface area contributed by atoms with Crippen LogP contribution in [0.2, 0.25) is 0 Å². The van der Waals surface area contributed by atoms with Crippen LogP contribution in [0, 0.1) is 11.8 Å². The molecular formula is C20H30N2O3S. The molecule has 144 valence electrons. The fourth-order valence-corrected chi connectivity index (χ4v) is 5.87. The third-order valence-corrected chi connectivity index (χ3v) is 7.81. The van der Waals surface area contributed by atoms with E-state index in [9.17, 15) is 13.2 Å². The molecule has 1 aromatic carbocycles. The van der Waals surface area contributed by atoms with Crippen molar-refractivity contribution >= 4 is 15.9 Å². The molecule has 0 radical (unpaired) electrons.